The van der Waals surface area contributed by atoms with Crippen LogP contribution in [0.25, 0.3) is 0 Å². The second kappa shape index (κ2) is 4.18. The number of ether oxygens (including phenoxy) is 2. The number of hydrogen-bond acceptors (Lipinski definition) is 5. The first-order valence-electron chi connectivity index (χ1n) is 3.67. The zero-order valence-corrected chi connectivity index (χ0v) is 6.91. The van der Waals surface area contributed by atoms with Gasteiger partial charge < -0.3 is 9.47 Å². The summed E-state index contributed by atoms with van der Waals surface area (Å²) >= 11 is 0. The number of carbonyl (C=O) groups excluding carboxylic acids is 2. The number of hydrogen-bond donors (Lipinski definition) is 0. The quantitative estimate of drug-likeness (QED) is 0.405. The summed E-state index contributed by atoms with van der Waals surface area (Å²) in [6.45, 7) is 1.45. The number of methoxy groups -OCH3 is 1. The predicted molar refractivity (Wildman–Crippen MR) is 39.4 cm³/mol. The van der Waals surface area contributed by atoms with E-state index in [1.54, 1.807) is 12.0 Å². The number of rotatable bonds is 3. The van der Waals surface area contributed by atoms with Crippen molar-refractivity contribution in [2.45, 2.75) is 0 Å². The fraction of sp³-hybridized carbons (Fsp3) is 0.714. The highest BCUT2D eigenvalue weighted by molar-refractivity contribution is 5.90. The van der Waals surface area contributed by atoms with Crippen LogP contribution in [-0.2, 0) is 19.1 Å². The summed E-state index contributed by atoms with van der Waals surface area (Å²) in [6.07, 6.45) is 0. The second-order valence-electron chi connectivity index (χ2n) is 2.55. The van der Waals surface area contributed by atoms with Gasteiger partial charge in [0.25, 0.3) is 0 Å². The van der Waals surface area contributed by atoms with E-state index in [1.807, 2.05) is 0 Å². The minimum Gasteiger partial charge on any atom is -0.391 e. The lowest BCUT2D eigenvalue weighted by Gasteiger charge is -2.23. The molecule has 1 heterocycles. The van der Waals surface area contributed by atoms with E-state index in [9.17, 15) is 9.59 Å². The number of cyclic esters (lactones) is 2. The van der Waals surface area contributed by atoms with E-state index in [2.05, 4.69) is 4.74 Å². The van der Waals surface area contributed by atoms with Crippen LogP contribution in [0.1, 0.15) is 0 Å². The maximum Gasteiger partial charge on any atom is 0.327 e. The lowest BCUT2D eigenvalue weighted by molar-refractivity contribution is -0.166. The van der Waals surface area contributed by atoms with Gasteiger partial charge in [0.05, 0.1) is 19.7 Å². The van der Waals surface area contributed by atoms with E-state index in [1.165, 1.54) is 0 Å². The van der Waals surface area contributed by atoms with Crippen LogP contribution >= 0.6 is 0 Å². The van der Waals surface area contributed by atoms with Gasteiger partial charge in [-0.2, -0.15) is 0 Å². The van der Waals surface area contributed by atoms with Crippen molar-refractivity contribution in [2.75, 3.05) is 33.4 Å². The molecule has 5 nitrogen and oxygen atoms in total. The Kier molecular flexibility index (Phi) is 3.19. The molecule has 1 aliphatic heterocycles. The molecule has 0 saturated carbocycles. The van der Waals surface area contributed by atoms with Crippen LogP contribution in [0.5, 0.6) is 0 Å². The summed E-state index contributed by atoms with van der Waals surface area (Å²) in [5, 5.41) is 0. The van der Waals surface area contributed by atoms with E-state index < -0.39 is 11.9 Å². The first-order chi connectivity index (χ1) is 5.72. The highest BCUT2D eigenvalue weighted by Gasteiger charge is 2.23. The third-order valence-electron chi connectivity index (χ3n) is 1.54. The van der Waals surface area contributed by atoms with Crippen molar-refractivity contribution < 1.29 is 19.1 Å². The number of nitrogens with zero attached hydrogens (tertiary/aromatic N) is 1. The maximum absolute atomic E-state index is 10.7. The zero-order valence-electron chi connectivity index (χ0n) is 6.91. The largest absolute Gasteiger partial charge is 0.391 e. The van der Waals surface area contributed by atoms with E-state index in [0.717, 1.165) is 0 Å². The molecule has 0 unspecified atom stereocenters. The van der Waals surface area contributed by atoms with E-state index >= 15 is 0 Å². The molecule has 12 heavy (non-hydrogen) atoms. The van der Waals surface area contributed by atoms with Gasteiger partial charge in [0.1, 0.15) is 0 Å². The topological polar surface area (TPSA) is 55.8 Å². The summed E-state index contributed by atoms with van der Waals surface area (Å²) in [6, 6.07) is 0. The Labute approximate surface area is 70.2 Å². The molecule has 0 aliphatic carbocycles. The Morgan fingerprint density at radius 1 is 1.42 bits per heavy atom. The summed E-state index contributed by atoms with van der Waals surface area (Å²) in [5.41, 5.74) is 0. The third-order valence-corrected chi connectivity index (χ3v) is 1.54. The molecule has 0 bridgehead atoms. The Morgan fingerprint density at radius 2 is 2.00 bits per heavy atom. The fourth-order valence-electron chi connectivity index (χ4n) is 0.991. The standard InChI is InChI=1S/C7H11NO4/c1-11-3-2-8-4-6(9)12-7(10)5-8/h2-5H2,1H3. The second-order valence-corrected chi connectivity index (χ2v) is 2.55. The highest BCUT2D eigenvalue weighted by atomic mass is 16.6. The van der Waals surface area contributed by atoms with Crippen LogP contribution in [0, 0.1) is 0 Å². The Bertz CT molecular complexity index is 176. The predicted octanol–water partition coefficient (Wildman–Crippen LogP) is -0.982. The van der Waals surface area contributed by atoms with Crippen molar-refractivity contribution in [3.63, 3.8) is 0 Å². The van der Waals surface area contributed by atoms with Gasteiger partial charge in [-0.25, -0.2) is 0 Å². The van der Waals surface area contributed by atoms with Gasteiger partial charge in [0.15, 0.2) is 0 Å². The van der Waals surface area contributed by atoms with Gasteiger partial charge in [-0.1, -0.05) is 0 Å². The maximum atomic E-state index is 10.7. The van der Waals surface area contributed by atoms with Gasteiger partial charge in [0, 0.05) is 13.7 Å². The van der Waals surface area contributed by atoms with Gasteiger partial charge in [0.2, 0.25) is 0 Å². The molecule has 0 amide bonds. The molecule has 0 aromatic carbocycles. The zero-order chi connectivity index (χ0) is 8.97. The number of carbonyl (C=O) groups is 2. The average Bonchev–Trinajstić information content (AvgIpc) is 1.99. The molecule has 1 saturated heterocycles. The molecule has 1 fully saturated rings. The van der Waals surface area contributed by atoms with Crippen molar-refractivity contribution >= 4 is 11.9 Å². The molecule has 0 N–H and O–H groups in total. The SMILES string of the molecule is COCCN1CC(=O)OC(=O)C1. The molecule has 1 aliphatic rings. The molecule has 68 valence electrons. The average molecular weight is 173 g/mol. The summed E-state index contributed by atoms with van der Waals surface area (Å²) in [7, 11) is 1.57. The van der Waals surface area contributed by atoms with Gasteiger partial charge in [-0.3, -0.25) is 14.5 Å². The Hall–Kier alpha value is -0.940. The molecule has 0 atom stereocenters. The van der Waals surface area contributed by atoms with Crippen LogP contribution in [0.3, 0.4) is 0 Å². The van der Waals surface area contributed by atoms with Crippen LogP contribution in [0.4, 0.5) is 0 Å². The number of morpholine rings is 1. The van der Waals surface area contributed by atoms with Gasteiger partial charge >= 0.3 is 11.9 Å². The molecule has 1 rings (SSSR count). The van der Waals surface area contributed by atoms with E-state index in [-0.39, 0.29) is 13.1 Å². The fourth-order valence-corrected chi connectivity index (χ4v) is 0.991. The molecule has 5 heteroatoms. The molecule has 0 aromatic heterocycles. The lowest BCUT2D eigenvalue weighted by Crippen LogP contribution is -2.44. The molecule has 0 radical (unpaired) electrons. The van der Waals surface area contributed by atoms with Crippen molar-refractivity contribution in [3.05, 3.63) is 0 Å². The van der Waals surface area contributed by atoms with Crippen LogP contribution in [0.15, 0.2) is 0 Å². The molecular weight excluding hydrogens is 162 g/mol. The van der Waals surface area contributed by atoms with Crippen LogP contribution in [-0.4, -0.2) is 50.2 Å². The van der Waals surface area contributed by atoms with E-state index in [0.29, 0.717) is 13.2 Å². The lowest BCUT2D eigenvalue weighted by atomic mass is 10.4. The van der Waals surface area contributed by atoms with Crippen LogP contribution in [0.2, 0.25) is 0 Å². The van der Waals surface area contributed by atoms with Gasteiger partial charge in [-0.15, -0.1) is 0 Å². The van der Waals surface area contributed by atoms with Crippen molar-refractivity contribution in [1.82, 2.24) is 4.90 Å². The van der Waals surface area contributed by atoms with E-state index in [4.69, 9.17) is 4.74 Å². The van der Waals surface area contributed by atoms with Crippen molar-refractivity contribution in [2.24, 2.45) is 0 Å². The molecule has 0 aromatic rings. The summed E-state index contributed by atoms with van der Waals surface area (Å²) in [5.74, 6) is -0.968. The minimum atomic E-state index is -0.484. The molecular formula is C7H11NO4. The monoisotopic (exact) mass is 173 g/mol. The van der Waals surface area contributed by atoms with Crippen molar-refractivity contribution in [1.29, 1.82) is 0 Å². The Balaban J connectivity index is 2.34. The van der Waals surface area contributed by atoms with Crippen LogP contribution < -0.4 is 0 Å². The summed E-state index contributed by atoms with van der Waals surface area (Å²) < 4.78 is 9.15. The molecule has 0 spiro atoms. The number of esters is 2. The van der Waals surface area contributed by atoms with Crippen molar-refractivity contribution in [3.8, 4) is 0 Å². The summed E-state index contributed by atoms with van der Waals surface area (Å²) in [4.78, 5) is 23.1. The Morgan fingerprint density at radius 3 is 2.50 bits per heavy atom. The normalized spacial score (nSPS) is 19.4. The highest BCUT2D eigenvalue weighted by Crippen LogP contribution is 1.98. The first kappa shape index (κ1) is 9.15. The smallest absolute Gasteiger partial charge is 0.327 e. The minimum absolute atomic E-state index is 0.176. The third kappa shape index (κ3) is 2.60. The van der Waals surface area contributed by atoms with Gasteiger partial charge in [-0.05, 0) is 0 Å². The first-order valence-corrected chi connectivity index (χ1v) is 3.67.